The Labute approximate surface area is 272 Å². The second kappa shape index (κ2) is 9.94. The van der Waals surface area contributed by atoms with E-state index in [1.54, 1.807) is 0 Å². The Hall–Kier alpha value is -6.12. The average molecular weight is 601 g/mol. The van der Waals surface area contributed by atoms with Gasteiger partial charge in [0.25, 0.3) is 0 Å². The van der Waals surface area contributed by atoms with Crippen molar-refractivity contribution < 1.29 is 9.15 Å². The zero-order valence-corrected chi connectivity index (χ0v) is 25.5. The molecule has 1 aliphatic heterocycles. The van der Waals surface area contributed by atoms with Crippen LogP contribution in [0.25, 0.3) is 54.6 Å². The predicted molar refractivity (Wildman–Crippen MR) is 193 cm³/mol. The fraction of sp³-hybridized carbons (Fsp3) is 0.0222. The molecule has 0 aliphatic carbocycles. The van der Waals surface area contributed by atoms with Gasteiger partial charge in [-0.25, -0.2) is 0 Å². The first-order valence-corrected chi connectivity index (χ1v) is 16.1. The third-order valence-electron chi connectivity index (χ3n) is 9.99. The molecule has 0 saturated heterocycles. The lowest BCUT2D eigenvalue weighted by atomic mass is 9.61. The molecule has 8 aromatic carbocycles. The topological polar surface area (TPSA) is 22.4 Å². The van der Waals surface area contributed by atoms with E-state index in [0.29, 0.717) is 0 Å². The summed E-state index contributed by atoms with van der Waals surface area (Å²) in [7, 11) is 0. The highest BCUT2D eigenvalue weighted by molar-refractivity contribution is 6.06. The molecule has 0 bridgehead atoms. The van der Waals surface area contributed by atoms with Gasteiger partial charge in [0.05, 0.1) is 5.41 Å². The minimum Gasteiger partial charge on any atom is -0.457 e. The lowest BCUT2D eigenvalue weighted by molar-refractivity contribution is 0.439. The van der Waals surface area contributed by atoms with Crippen molar-refractivity contribution in [1.82, 2.24) is 0 Å². The zero-order valence-electron chi connectivity index (χ0n) is 25.5. The van der Waals surface area contributed by atoms with Crippen molar-refractivity contribution in [3.63, 3.8) is 0 Å². The lowest BCUT2D eigenvalue weighted by Crippen LogP contribution is -2.34. The Morgan fingerprint density at radius 2 is 0.894 bits per heavy atom. The summed E-state index contributed by atoms with van der Waals surface area (Å²) in [6.07, 6.45) is 0. The third-order valence-corrected chi connectivity index (χ3v) is 9.99. The smallest absolute Gasteiger partial charge is 0.136 e. The molecule has 9 aromatic rings. The molecule has 2 nitrogen and oxygen atoms in total. The maximum Gasteiger partial charge on any atom is 0.136 e. The summed E-state index contributed by atoms with van der Waals surface area (Å²) in [5.74, 6) is 1.77. The van der Waals surface area contributed by atoms with Crippen molar-refractivity contribution >= 4 is 43.5 Å². The van der Waals surface area contributed by atoms with Gasteiger partial charge in [-0.05, 0) is 74.1 Å². The van der Waals surface area contributed by atoms with Crippen LogP contribution in [0.2, 0.25) is 0 Å². The molecule has 0 unspecified atom stereocenters. The highest BCUT2D eigenvalue weighted by Gasteiger charge is 2.47. The first kappa shape index (κ1) is 26.1. The van der Waals surface area contributed by atoms with Gasteiger partial charge in [0, 0.05) is 21.9 Å². The molecule has 0 amide bonds. The van der Waals surface area contributed by atoms with E-state index in [4.69, 9.17) is 9.15 Å². The number of furan rings is 1. The van der Waals surface area contributed by atoms with E-state index >= 15 is 0 Å². The van der Waals surface area contributed by atoms with Gasteiger partial charge >= 0.3 is 0 Å². The number of ether oxygens (including phenoxy) is 1. The lowest BCUT2D eigenvalue weighted by Gasteiger charge is -2.43. The van der Waals surface area contributed by atoms with Gasteiger partial charge in [-0.1, -0.05) is 140 Å². The van der Waals surface area contributed by atoms with Crippen molar-refractivity contribution in [3.8, 4) is 22.6 Å². The van der Waals surface area contributed by atoms with E-state index in [9.17, 15) is 0 Å². The maximum atomic E-state index is 6.84. The standard InChI is InChI=1S/C45H28O2/c1-2-12-33(13-3-1)45(34-23-18-29(19-24-34)32-20-25-38-37-16-8-9-17-39(37)46-42(38)28-32)43-35-14-6-4-10-30(35)21-26-40(43)47-41-27-22-31-11-5-7-15-36(31)44(41)45/h1-28H. The largest absolute Gasteiger partial charge is 0.457 e. The monoisotopic (exact) mass is 600 g/mol. The predicted octanol–water partition coefficient (Wildman–Crippen LogP) is 12.0. The molecule has 0 fully saturated rings. The normalized spacial score (nSPS) is 13.4. The summed E-state index contributed by atoms with van der Waals surface area (Å²) in [5, 5.41) is 7.03. The van der Waals surface area contributed by atoms with Crippen LogP contribution in [0.15, 0.2) is 174 Å². The summed E-state index contributed by atoms with van der Waals surface area (Å²) in [5.41, 5.74) is 8.17. The van der Waals surface area contributed by atoms with Crippen LogP contribution in [0.4, 0.5) is 0 Å². The molecular formula is C45H28O2. The molecule has 1 aromatic heterocycles. The third kappa shape index (κ3) is 3.73. The van der Waals surface area contributed by atoms with Crippen LogP contribution >= 0.6 is 0 Å². The van der Waals surface area contributed by atoms with Crippen molar-refractivity contribution in [2.75, 3.05) is 0 Å². The van der Waals surface area contributed by atoms with E-state index in [1.165, 1.54) is 43.8 Å². The second-order valence-electron chi connectivity index (χ2n) is 12.4. The van der Waals surface area contributed by atoms with Crippen LogP contribution in [-0.4, -0.2) is 0 Å². The van der Waals surface area contributed by atoms with Crippen LogP contribution in [0.3, 0.4) is 0 Å². The van der Waals surface area contributed by atoms with Gasteiger partial charge in [-0.2, -0.15) is 0 Å². The van der Waals surface area contributed by atoms with Crippen molar-refractivity contribution in [1.29, 1.82) is 0 Å². The van der Waals surface area contributed by atoms with E-state index < -0.39 is 5.41 Å². The number of benzene rings is 8. The van der Waals surface area contributed by atoms with Crippen molar-refractivity contribution in [2.45, 2.75) is 5.41 Å². The molecule has 0 spiro atoms. The van der Waals surface area contributed by atoms with Gasteiger partial charge in [0.15, 0.2) is 0 Å². The van der Waals surface area contributed by atoms with Gasteiger partial charge in [-0.3, -0.25) is 0 Å². The van der Waals surface area contributed by atoms with Crippen LogP contribution in [0.5, 0.6) is 11.5 Å². The van der Waals surface area contributed by atoms with E-state index in [0.717, 1.165) is 44.6 Å². The molecule has 0 radical (unpaired) electrons. The summed E-state index contributed by atoms with van der Waals surface area (Å²) in [4.78, 5) is 0. The van der Waals surface area contributed by atoms with E-state index in [1.807, 2.05) is 12.1 Å². The molecule has 0 atom stereocenters. The summed E-state index contributed by atoms with van der Waals surface area (Å²) < 4.78 is 13.1. The Morgan fingerprint density at radius 1 is 0.362 bits per heavy atom. The van der Waals surface area contributed by atoms with Gasteiger partial charge in [0.2, 0.25) is 0 Å². The molecule has 220 valence electrons. The number of hydrogen-bond acceptors (Lipinski definition) is 2. The number of fused-ring (bicyclic) bond motifs is 9. The highest BCUT2D eigenvalue weighted by atomic mass is 16.5. The van der Waals surface area contributed by atoms with Crippen molar-refractivity contribution in [2.24, 2.45) is 0 Å². The van der Waals surface area contributed by atoms with Crippen LogP contribution in [-0.2, 0) is 5.41 Å². The average Bonchev–Trinajstić information content (AvgIpc) is 3.52. The molecule has 2 heterocycles. The first-order chi connectivity index (χ1) is 23.3. The molecule has 1 aliphatic rings. The van der Waals surface area contributed by atoms with E-state index in [-0.39, 0.29) is 0 Å². The Morgan fingerprint density at radius 3 is 1.57 bits per heavy atom. The summed E-state index contributed by atoms with van der Waals surface area (Å²) in [6.45, 7) is 0. The minimum absolute atomic E-state index is 0.646. The first-order valence-electron chi connectivity index (χ1n) is 16.1. The van der Waals surface area contributed by atoms with E-state index in [2.05, 4.69) is 158 Å². The number of hydrogen-bond donors (Lipinski definition) is 0. The Bertz CT molecular complexity index is 2560. The second-order valence-corrected chi connectivity index (χ2v) is 12.4. The summed E-state index contributed by atoms with van der Waals surface area (Å²) >= 11 is 0. The van der Waals surface area contributed by atoms with Gasteiger partial charge in [-0.15, -0.1) is 0 Å². The quantitative estimate of drug-likeness (QED) is 0.201. The SMILES string of the molecule is c1ccc(C2(c3ccc(-c4ccc5c(c4)oc4ccccc45)cc3)c3c(ccc4ccccc34)Oc3ccc4ccccc4c32)cc1. The zero-order chi connectivity index (χ0) is 31.0. The maximum absolute atomic E-state index is 6.84. The Balaban J connectivity index is 1.27. The molecule has 0 saturated carbocycles. The van der Waals surface area contributed by atoms with Crippen LogP contribution < -0.4 is 4.74 Å². The fourth-order valence-corrected chi connectivity index (χ4v) is 7.94. The van der Waals surface area contributed by atoms with Gasteiger partial charge in [0.1, 0.15) is 22.7 Å². The summed E-state index contributed by atoms with van der Waals surface area (Å²) in [6, 6.07) is 60.9. The number of rotatable bonds is 3. The molecular weight excluding hydrogens is 572 g/mol. The highest BCUT2D eigenvalue weighted by Crippen LogP contribution is 2.59. The van der Waals surface area contributed by atoms with Crippen LogP contribution in [0, 0.1) is 0 Å². The molecule has 0 N–H and O–H groups in total. The molecule has 47 heavy (non-hydrogen) atoms. The minimum atomic E-state index is -0.646. The molecule has 2 heteroatoms. The number of para-hydroxylation sites is 1. The molecule has 10 rings (SSSR count). The van der Waals surface area contributed by atoms with Gasteiger partial charge < -0.3 is 9.15 Å². The Kier molecular flexibility index (Phi) is 5.53. The van der Waals surface area contributed by atoms with Crippen molar-refractivity contribution in [3.05, 3.63) is 192 Å². The van der Waals surface area contributed by atoms with Crippen LogP contribution in [0.1, 0.15) is 22.3 Å². The fourth-order valence-electron chi connectivity index (χ4n) is 7.94.